The van der Waals surface area contributed by atoms with Gasteiger partial charge < -0.3 is 20.5 Å². The first kappa shape index (κ1) is 17.6. The number of benzene rings is 2. The molecular weight excluding hydrogens is 340 g/mol. The number of amides is 1. The van der Waals surface area contributed by atoms with Crippen molar-refractivity contribution in [2.75, 3.05) is 19.8 Å². The van der Waals surface area contributed by atoms with Crippen LogP contribution in [0.1, 0.15) is 11.1 Å². The molecule has 1 heterocycles. The second kappa shape index (κ2) is 8.23. The van der Waals surface area contributed by atoms with Crippen LogP contribution >= 0.6 is 11.6 Å². The van der Waals surface area contributed by atoms with Gasteiger partial charge in [-0.3, -0.25) is 4.79 Å². The normalized spacial score (nSPS) is 14.0. The van der Waals surface area contributed by atoms with Crippen LogP contribution in [0.15, 0.2) is 42.5 Å². The Labute approximate surface area is 152 Å². The van der Waals surface area contributed by atoms with Crippen LogP contribution in [0.5, 0.6) is 11.5 Å². The summed E-state index contributed by atoms with van der Waals surface area (Å²) in [6.07, 6.45) is 1.16. The number of hydrogen-bond acceptors (Lipinski definition) is 4. The molecule has 0 fully saturated rings. The van der Waals surface area contributed by atoms with Crippen LogP contribution in [0.4, 0.5) is 0 Å². The lowest BCUT2D eigenvalue weighted by Crippen LogP contribution is -2.42. The molecule has 1 aliphatic heterocycles. The molecule has 25 heavy (non-hydrogen) atoms. The molecule has 3 rings (SSSR count). The highest BCUT2D eigenvalue weighted by molar-refractivity contribution is 6.32. The van der Waals surface area contributed by atoms with Crippen molar-refractivity contribution in [1.82, 2.24) is 5.32 Å². The van der Waals surface area contributed by atoms with E-state index in [1.54, 1.807) is 0 Å². The van der Waals surface area contributed by atoms with Crippen molar-refractivity contribution in [2.24, 2.45) is 5.73 Å². The minimum Gasteiger partial charge on any atom is -0.486 e. The maximum atomic E-state index is 12.1. The number of ether oxygens (including phenoxy) is 2. The van der Waals surface area contributed by atoms with Gasteiger partial charge in [-0.1, -0.05) is 41.9 Å². The maximum absolute atomic E-state index is 12.1. The van der Waals surface area contributed by atoms with Crippen LogP contribution in [0.3, 0.4) is 0 Å². The van der Waals surface area contributed by atoms with E-state index in [1.165, 1.54) is 0 Å². The van der Waals surface area contributed by atoms with Crippen LogP contribution in [0, 0.1) is 0 Å². The molecule has 1 amide bonds. The number of rotatable bonds is 6. The summed E-state index contributed by atoms with van der Waals surface area (Å²) in [6, 6.07) is 12.9. The minimum absolute atomic E-state index is 0.160. The smallest absolute Gasteiger partial charge is 0.237 e. The third-order valence-corrected chi connectivity index (χ3v) is 4.29. The Kier molecular flexibility index (Phi) is 5.79. The molecular formula is C19H21ClN2O3. The fourth-order valence-corrected chi connectivity index (χ4v) is 3.02. The summed E-state index contributed by atoms with van der Waals surface area (Å²) in [5.41, 5.74) is 8.00. The maximum Gasteiger partial charge on any atom is 0.237 e. The Morgan fingerprint density at radius 1 is 1.16 bits per heavy atom. The number of halogens is 1. The second-order valence-electron chi connectivity index (χ2n) is 5.94. The summed E-state index contributed by atoms with van der Waals surface area (Å²) in [5, 5.41) is 3.40. The summed E-state index contributed by atoms with van der Waals surface area (Å²) in [5.74, 6) is 1.08. The Morgan fingerprint density at radius 2 is 1.92 bits per heavy atom. The molecule has 1 atom stereocenters. The van der Waals surface area contributed by atoms with E-state index in [0.717, 1.165) is 11.1 Å². The van der Waals surface area contributed by atoms with E-state index in [4.69, 9.17) is 26.8 Å². The first-order chi connectivity index (χ1) is 12.1. The van der Waals surface area contributed by atoms with E-state index >= 15 is 0 Å². The average molecular weight is 361 g/mol. The number of nitrogens with one attached hydrogen (secondary N) is 1. The zero-order valence-corrected chi connectivity index (χ0v) is 14.6. The van der Waals surface area contributed by atoms with Crippen LogP contribution in [0.25, 0.3) is 0 Å². The molecule has 132 valence electrons. The van der Waals surface area contributed by atoms with E-state index in [2.05, 4.69) is 5.32 Å². The molecule has 3 N–H and O–H groups in total. The first-order valence-corrected chi connectivity index (χ1v) is 8.66. The van der Waals surface area contributed by atoms with Crippen LogP contribution in [-0.2, 0) is 17.6 Å². The average Bonchev–Trinajstić information content (AvgIpc) is 2.62. The Morgan fingerprint density at radius 3 is 2.72 bits per heavy atom. The molecule has 0 unspecified atom stereocenters. The van der Waals surface area contributed by atoms with Gasteiger partial charge >= 0.3 is 0 Å². The van der Waals surface area contributed by atoms with Crippen molar-refractivity contribution in [3.05, 3.63) is 58.6 Å². The van der Waals surface area contributed by atoms with Crippen molar-refractivity contribution >= 4 is 17.5 Å². The summed E-state index contributed by atoms with van der Waals surface area (Å²) in [6.45, 7) is 1.50. The van der Waals surface area contributed by atoms with Crippen molar-refractivity contribution < 1.29 is 14.3 Å². The second-order valence-corrected chi connectivity index (χ2v) is 6.35. The third kappa shape index (κ3) is 4.65. The first-order valence-electron chi connectivity index (χ1n) is 8.29. The zero-order chi connectivity index (χ0) is 17.6. The number of carbonyl (C=O) groups excluding carboxylic acids is 1. The van der Waals surface area contributed by atoms with E-state index in [9.17, 15) is 4.79 Å². The van der Waals surface area contributed by atoms with E-state index in [-0.39, 0.29) is 5.91 Å². The standard InChI is InChI=1S/C19H21ClN2O3/c20-15-10-14(12-17-18(15)25-9-8-24-17)6-7-22-19(23)16(21)11-13-4-2-1-3-5-13/h1-5,10,12,16H,6-9,11,21H2,(H,22,23)/t16-/m0/s1. The van der Waals surface area contributed by atoms with Crippen molar-refractivity contribution in [3.63, 3.8) is 0 Å². The highest BCUT2D eigenvalue weighted by atomic mass is 35.5. The Hall–Kier alpha value is -2.24. The lowest BCUT2D eigenvalue weighted by Gasteiger charge is -2.20. The van der Waals surface area contributed by atoms with E-state index < -0.39 is 6.04 Å². The van der Waals surface area contributed by atoms with Crippen molar-refractivity contribution in [2.45, 2.75) is 18.9 Å². The Bertz CT molecular complexity index is 737. The molecule has 0 aliphatic carbocycles. The highest BCUT2D eigenvalue weighted by Crippen LogP contribution is 2.38. The topological polar surface area (TPSA) is 73.6 Å². The molecule has 0 aromatic heterocycles. The molecule has 1 aliphatic rings. The van der Waals surface area contributed by atoms with E-state index in [1.807, 2.05) is 42.5 Å². The zero-order valence-electron chi connectivity index (χ0n) is 13.8. The highest BCUT2D eigenvalue weighted by Gasteiger charge is 2.17. The fraction of sp³-hybridized carbons (Fsp3) is 0.316. The summed E-state index contributed by atoms with van der Waals surface area (Å²) in [7, 11) is 0. The largest absolute Gasteiger partial charge is 0.486 e. The van der Waals surface area contributed by atoms with Gasteiger partial charge in [0.25, 0.3) is 0 Å². The third-order valence-electron chi connectivity index (χ3n) is 4.00. The van der Waals surface area contributed by atoms with Gasteiger partial charge in [-0.05, 0) is 36.1 Å². The van der Waals surface area contributed by atoms with Gasteiger partial charge in [0.15, 0.2) is 11.5 Å². The number of nitrogens with two attached hydrogens (primary N) is 1. The molecule has 6 heteroatoms. The van der Waals surface area contributed by atoms with Crippen LogP contribution < -0.4 is 20.5 Å². The van der Waals surface area contributed by atoms with Crippen LogP contribution in [-0.4, -0.2) is 31.7 Å². The predicted molar refractivity (Wildman–Crippen MR) is 97.3 cm³/mol. The molecule has 2 aromatic carbocycles. The van der Waals surface area contributed by atoms with Gasteiger partial charge in [-0.2, -0.15) is 0 Å². The molecule has 0 bridgehead atoms. The quantitative estimate of drug-likeness (QED) is 0.829. The number of hydrogen-bond donors (Lipinski definition) is 2. The van der Waals surface area contributed by atoms with Gasteiger partial charge in [-0.15, -0.1) is 0 Å². The summed E-state index contributed by atoms with van der Waals surface area (Å²) in [4.78, 5) is 12.1. The van der Waals surface area contributed by atoms with Crippen LogP contribution in [0.2, 0.25) is 5.02 Å². The predicted octanol–water partition coefficient (Wildman–Crippen LogP) is 2.34. The van der Waals surface area contributed by atoms with E-state index in [0.29, 0.717) is 49.1 Å². The fourth-order valence-electron chi connectivity index (χ4n) is 2.73. The molecule has 0 spiro atoms. The lowest BCUT2D eigenvalue weighted by atomic mass is 10.1. The van der Waals surface area contributed by atoms with Gasteiger partial charge in [0.05, 0.1) is 11.1 Å². The molecule has 5 nitrogen and oxygen atoms in total. The van der Waals surface area contributed by atoms with Crippen molar-refractivity contribution in [3.8, 4) is 11.5 Å². The lowest BCUT2D eigenvalue weighted by molar-refractivity contribution is -0.122. The SMILES string of the molecule is N[C@@H](Cc1ccccc1)C(=O)NCCc1cc(Cl)c2c(c1)OCCO2. The van der Waals surface area contributed by atoms with Gasteiger partial charge in [0, 0.05) is 6.54 Å². The number of fused-ring (bicyclic) bond motifs is 1. The minimum atomic E-state index is -0.564. The molecule has 0 saturated heterocycles. The molecule has 2 aromatic rings. The van der Waals surface area contributed by atoms with Crippen molar-refractivity contribution in [1.29, 1.82) is 0 Å². The van der Waals surface area contributed by atoms with Gasteiger partial charge in [-0.25, -0.2) is 0 Å². The Balaban J connectivity index is 1.50. The van der Waals surface area contributed by atoms with Gasteiger partial charge in [0.1, 0.15) is 13.2 Å². The molecule has 0 saturated carbocycles. The summed E-state index contributed by atoms with van der Waals surface area (Å²) < 4.78 is 11.1. The molecule has 0 radical (unpaired) electrons. The number of carbonyl (C=O) groups is 1. The van der Waals surface area contributed by atoms with Gasteiger partial charge in [0.2, 0.25) is 5.91 Å². The monoisotopic (exact) mass is 360 g/mol. The summed E-state index contributed by atoms with van der Waals surface area (Å²) >= 11 is 6.22.